The number of fused-ring (bicyclic) bond motifs is 1. The summed E-state index contributed by atoms with van der Waals surface area (Å²) in [5.74, 6) is -0.187. The van der Waals surface area contributed by atoms with Gasteiger partial charge in [0.15, 0.2) is 0 Å². The standard InChI is InChI=1S/C23H24IN3O3/c1-14(28)21-3-2-10-27(21)13-15-4-7-17(8-5-15)25-12-20-19-11-16(24)6-9-18(19)22(29)26-23(20)30/h4-9,11-12,14,21,28H,2-3,10,13H2,1H3,(H2,26,29,30)/t14-,21?/m0/s1. The molecule has 3 aromatic rings. The summed E-state index contributed by atoms with van der Waals surface area (Å²) in [4.78, 5) is 21.4. The molecule has 156 valence electrons. The molecule has 0 saturated carbocycles. The Bertz CT molecular complexity index is 1140. The van der Waals surface area contributed by atoms with E-state index >= 15 is 0 Å². The number of benzene rings is 2. The van der Waals surface area contributed by atoms with Gasteiger partial charge in [-0.05, 0) is 84.8 Å². The first-order valence-corrected chi connectivity index (χ1v) is 11.1. The van der Waals surface area contributed by atoms with Gasteiger partial charge in [0.25, 0.3) is 5.56 Å². The second-order valence-electron chi connectivity index (χ2n) is 7.75. The van der Waals surface area contributed by atoms with Crippen molar-refractivity contribution in [3.05, 3.63) is 67.5 Å². The highest BCUT2D eigenvalue weighted by Crippen LogP contribution is 2.25. The first-order chi connectivity index (χ1) is 14.4. The number of likely N-dealkylation sites (tertiary alicyclic amines) is 1. The molecule has 4 rings (SSSR count). The Hall–Kier alpha value is -2.23. The maximum absolute atomic E-state index is 12.1. The summed E-state index contributed by atoms with van der Waals surface area (Å²) < 4.78 is 0.974. The van der Waals surface area contributed by atoms with Crippen molar-refractivity contribution in [3.63, 3.8) is 0 Å². The quantitative estimate of drug-likeness (QED) is 0.354. The number of hydrogen-bond acceptors (Lipinski definition) is 5. The Kier molecular flexibility index (Phi) is 6.21. The molecule has 1 saturated heterocycles. The fraction of sp³-hybridized carbons (Fsp3) is 0.304. The van der Waals surface area contributed by atoms with Gasteiger partial charge in [0, 0.05) is 33.1 Å². The number of H-pyrrole nitrogens is 1. The molecule has 3 N–H and O–H groups in total. The maximum atomic E-state index is 12.1. The average Bonchev–Trinajstić information content (AvgIpc) is 3.17. The number of aromatic hydroxyl groups is 1. The van der Waals surface area contributed by atoms with Crippen LogP contribution in [0.1, 0.15) is 30.9 Å². The van der Waals surface area contributed by atoms with Crippen LogP contribution in [0.4, 0.5) is 5.69 Å². The van der Waals surface area contributed by atoms with E-state index in [9.17, 15) is 15.0 Å². The fourth-order valence-electron chi connectivity index (χ4n) is 4.09. The molecule has 6 nitrogen and oxygen atoms in total. The third kappa shape index (κ3) is 4.43. The predicted octanol–water partition coefficient (Wildman–Crippen LogP) is 3.93. The second-order valence-corrected chi connectivity index (χ2v) is 9.00. The molecule has 7 heteroatoms. The minimum absolute atomic E-state index is 0.187. The SMILES string of the molecule is C[C@H](O)C1CCCN1Cc1ccc(N=Cc2c(O)[nH]c(=O)c3ccc(I)cc23)cc1. The highest BCUT2D eigenvalue weighted by molar-refractivity contribution is 14.1. The number of aliphatic hydroxyl groups is 1. The molecular weight excluding hydrogens is 493 g/mol. The minimum Gasteiger partial charge on any atom is -0.494 e. The Morgan fingerprint density at radius 2 is 2.03 bits per heavy atom. The van der Waals surface area contributed by atoms with Gasteiger partial charge in [-0.25, -0.2) is 0 Å². The van der Waals surface area contributed by atoms with Gasteiger partial charge < -0.3 is 10.2 Å². The van der Waals surface area contributed by atoms with Gasteiger partial charge in [0.05, 0.1) is 17.4 Å². The number of nitrogens with zero attached hydrogens (tertiary/aromatic N) is 2. The molecule has 1 fully saturated rings. The number of hydrogen-bond donors (Lipinski definition) is 3. The van der Waals surface area contributed by atoms with Crippen LogP contribution >= 0.6 is 22.6 Å². The van der Waals surface area contributed by atoms with Crippen molar-refractivity contribution < 1.29 is 10.2 Å². The van der Waals surface area contributed by atoms with Crippen molar-refractivity contribution in [2.45, 2.75) is 38.5 Å². The van der Waals surface area contributed by atoms with Crippen LogP contribution < -0.4 is 5.56 Å². The molecule has 2 aromatic carbocycles. The number of pyridine rings is 1. The number of aliphatic hydroxyl groups excluding tert-OH is 1. The van der Waals surface area contributed by atoms with Crippen LogP contribution in [0.3, 0.4) is 0 Å². The molecule has 1 aliphatic heterocycles. The van der Waals surface area contributed by atoms with E-state index in [1.54, 1.807) is 12.3 Å². The predicted molar refractivity (Wildman–Crippen MR) is 128 cm³/mol. The maximum Gasteiger partial charge on any atom is 0.258 e. The summed E-state index contributed by atoms with van der Waals surface area (Å²) in [7, 11) is 0. The van der Waals surface area contributed by atoms with E-state index in [2.05, 4.69) is 37.5 Å². The van der Waals surface area contributed by atoms with Gasteiger partial charge in [-0.15, -0.1) is 0 Å². The van der Waals surface area contributed by atoms with Crippen molar-refractivity contribution in [2.75, 3.05) is 6.54 Å². The zero-order valence-electron chi connectivity index (χ0n) is 16.7. The Labute approximate surface area is 188 Å². The van der Waals surface area contributed by atoms with Crippen LogP contribution in [0, 0.1) is 3.57 Å². The van der Waals surface area contributed by atoms with Crippen molar-refractivity contribution in [2.24, 2.45) is 4.99 Å². The van der Waals surface area contributed by atoms with Crippen LogP contribution in [-0.2, 0) is 6.54 Å². The molecule has 0 radical (unpaired) electrons. The summed E-state index contributed by atoms with van der Waals surface area (Å²) in [6.07, 6.45) is 3.42. The summed E-state index contributed by atoms with van der Waals surface area (Å²) >= 11 is 2.18. The third-order valence-corrected chi connectivity index (χ3v) is 6.31. The molecule has 0 spiro atoms. The van der Waals surface area contributed by atoms with Crippen molar-refractivity contribution in [3.8, 4) is 5.88 Å². The van der Waals surface area contributed by atoms with Crippen LogP contribution in [0.5, 0.6) is 5.88 Å². The van der Waals surface area contributed by atoms with Crippen LogP contribution in [0.2, 0.25) is 0 Å². The van der Waals surface area contributed by atoms with Gasteiger partial charge in [0.2, 0.25) is 5.88 Å². The molecule has 0 amide bonds. The van der Waals surface area contributed by atoms with E-state index in [0.717, 1.165) is 35.2 Å². The summed E-state index contributed by atoms with van der Waals surface area (Å²) in [5.41, 5.74) is 2.10. The Balaban J connectivity index is 1.55. The van der Waals surface area contributed by atoms with Gasteiger partial charge in [0.1, 0.15) is 0 Å². The van der Waals surface area contributed by atoms with E-state index in [1.807, 2.05) is 43.3 Å². The normalized spacial score (nSPS) is 18.4. The average molecular weight is 517 g/mol. The van der Waals surface area contributed by atoms with Crippen molar-refractivity contribution in [1.29, 1.82) is 0 Å². The minimum atomic E-state index is -0.321. The first kappa shape index (κ1) is 21.0. The van der Waals surface area contributed by atoms with E-state index in [4.69, 9.17) is 0 Å². The lowest BCUT2D eigenvalue weighted by Crippen LogP contribution is -2.36. The number of aliphatic imine (C=N–C) groups is 1. The van der Waals surface area contributed by atoms with E-state index < -0.39 is 0 Å². The lowest BCUT2D eigenvalue weighted by atomic mass is 10.1. The van der Waals surface area contributed by atoms with E-state index in [0.29, 0.717) is 16.3 Å². The van der Waals surface area contributed by atoms with Crippen LogP contribution in [0.25, 0.3) is 10.8 Å². The molecule has 1 aromatic heterocycles. The molecule has 0 aliphatic carbocycles. The van der Waals surface area contributed by atoms with Crippen molar-refractivity contribution in [1.82, 2.24) is 9.88 Å². The summed E-state index contributed by atoms with van der Waals surface area (Å²) in [5, 5.41) is 21.4. The highest BCUT2D eigenvalue weighted by Gasteiger charge is 2.27. The van der Waals surface area contributed by atoms with Gasteiger partial charge in [-0.2, -0.15) is 0 Å². The Morgan fingerprint density at radius 1 is 1.27 bits per heavy atom. The van der Waals surface area contributed by atoms with Crippen LogP contribution in [-0.4, -0.2) is 45.0 Å². The largest absolute Gasteiger partial charge is 0.494 e. The van der Waals surface area contributed by atoms with Gasteiger partial charge in [-0.3, -0.25) is 19.7 Å². The smallest absolute Gasteiger partial charge is 0.258 e. The molecule has 0 bridgehead atoms. The second kappa shape index (κ2) is 8.87. The van der Waals surface area contributed by atoms with E-state index in [1.165, 1.54) is 5.56 Å². The van der Waals surface area contributed by atoms with Gasteiger partial charge >= 0.3 is 0 Å². The number of halogens is 1. The number of aromatic nitrogens is 1. The number of rotatable bonds is 5. The highest BCUT2D eigenvalue weighted by atomic mass is 127. The van der Waals surface area contributed by atoms with Crippen LogP contribution in [0.15, 0.2) is 52.3 Å². The van der Waals surface area contributed by atoms with E-state index in [-0.39, 0.29) is 23.6 Å². The van der Waals surface area contributed by atoms with Crippen molar-refractivity contribution >= 4 is 45.3 Å². The lowest BCUT2D eigenvalue weighted by Gasteiger charge is -2.26. The monoisotopic (exact) mass is 517 g/mol. The first-order valence-electron chi connectivity index (χ1n) is 10.0. The molecular formula is C23H24IN3O3. The number of nitrogens with one attached hydrogen (secondary N) is 1. The molecule has 1 aliphatic rings. The molecule has 30 heavy (non-hydrogen) atoms. The fourth-order valence-corrected chi connectivity index (χ4v) is 4.58. The topological polar surface area (TPSA) is 88.9 Å². The molecule has 1 unspecified atom stereocenters. The summed E-state index contributed by atoms with van der Waals surface area (Å²) in [6.45, 7) is 3.67. The number of aromatic amines is 1. The Morgan fingerprint density at radius 3 is 2.77 bits per heavy atom. The third-order valence-electron chi connectivity index (χ3n) is 5.64. The zero-order valence-corrected chi connectivity index (χ0v) is 18.8. The summed E-state index contributed by atoms with van der Waals surface area (Å²) in [6, 6.07) is 13.7. The van der Waals surface area contributed by atoms with Gasteiger partial charge in [-0.1, -0.05) is 12.1 Å². The molecule has 2 heterocycles. The lowest BCUT2D eigenvalue weighted by molar-refractivity contribution is 0.0828. The molecule has 2 atom stereocenters. The zero-order chi connectivity index (χ0) is 21.3.